The molecular weight excluding hydrogens is 300 g/mol. The van der Waals surface area contributed by atoms with Crippen LogP contribution in [-0.4, -0.2) is 49.4 Å². The van der Waals surface area contributed by atoms with Crippen molar-refractivity contribution in [2.75, 3.05) is 26.9 Å². The lowest BCUT2D eigenvalue weighted by Gasteiger charge is -2.31. The molecule has 2 amide bonds. The summed E-state index contributed by atoms with van der Waals surface area (Å²) in [5, 5.41) is 15.2. The number of rotatable bonds is 5. The zero-order chi connectivity index (χ0) is 16.7. The molecule has 0 spiro atoms. The van der Waals surface area contributed by atoms with Crippen LogP contribution in [0.2, 0.25) is 0 Å². The number of nitrogens with one attached hydrogen (secondary N) is 2. The standard InChI is InChI=1S/C16H22N2O5/c1-22-13-4-2-12(3-5-13)10-17-14(19)15(20)18-11-16(21)6-8-23-9-7-16/h2-5,21H,6-11H2,1H3,(H,17,19)(H,18,20). The third-order valence-corrected chi connectivity index (χ3v) is 3.82. The molecule has 1 heterocycles. The lowest BCUT2D eigenvalue weighted by molar-refractivity contribution is -0.140. The average Bonchev–Trinajstić information content (AvgIpc) is 2.58. The molecule has 1 saturated heterocycles. The van der Waals surface area contributed by atoms with Crippen LogP contribution in [0.4, 0.5) is 0 Å². The zero-order valence-corrected chi connectivity index (χ0v) is 13.1. The van der Waals surface area contributed by atoms with Crippen molar-refractivity contribution in [1.82, 2.24) is 10.6 Å². The smallest absolute Gasteiger partial charge is 0.309 e. The van der Waals surface area contributed by atoms with Crippen LogP contribution < -0.4 is 15.4 Å². The van der Waals surface area contributed by atoms with Crippen molar-refractivity contribution in [2.24, 2.45) is 0 Å². The Morgan fingerprint density at radius 2 is 1.78 bits per heavy atom. The monoisotopic (exact) mass is 322 g/mol. The summed E-state index contributed by atoms with van der Waals surface area (Å²) in [6.07, 6.45) is 0.890. The van der Waals surface area contributed by atoms with Gasteiger partial charge in [-0.1, -0.05) is 12.1 Å². The second-order valence-electron chi connectivity index (χ2n) is 5.55. The van der Waals surface area contributed by atoms with Gasteiger partial charge in [0.2, 0.25) is 0 Å². The van der Waals surface area contributed by atoms with Gasteiger partial charge >= 0.3 is 11.8 Å². The van der Waals surface area contributed by atoms with Crippen LogP contribution in [0.15, 0.2) is 24.3 Å². The van der Waals surface area contributed by atoms with E-state index in [9.17, 15) is 14.7 Å². The van der Waals surface area contributed by atoms with Gasteiger partial charge in [-0.3, -0.25) is 9.59 Å². The van der Waals surface area contributed by atoms with E-state index in [1.165, 1.54) is 0 Å². The van der Waals surface area contributed by atoms with Crippen LogP contribution in [0.1, 0.15) is 18.4 Å². The van der Waals surface area contributed by atoms with Gasteiger partial charge in [0.1, 0.15) is 5.75 Å². The topological polar surface area (TPSA) is 96.9 Å². The molecule has 0 bridgehead atoms. The van der Waals surface area contributed by atoms with Crippen molar-refractivity contribution in [3.05, 3.63) is 29.8 Å². The first-order valence-electron chi connectivity index (χ1n) is 7.51. The molecule has 1 aromatic rings. The molecule has 0 aliphatic carbocycles. The molecule has 1 aliphatic rings. The molecule has 7 nitrogen and oxygen atoms in total. The van der Waals surface area contributed by atoms with Crippen LogP contribution in [0.3, 0.4) is 0 Å². The van der Waals surface area contributed by atoms with Gasteiger partial charge in [0.05, 0.1) is 12.7 Å². The van der Waals surface area contributed by atoms with Gasteiger partial charge in [0, 0.05) is 39.1 Å². The highest BCUT2D eigenvalue weighted by Gasteiger charge is 2.30. The minimum absolute atomic E-state index is 0.0468. The summed E-state index contributed by atoms with van der Waals surface area (Å²) in [4.78, 5) is 23.5. The fourth-order valence-electron chi connectivity index (χ4n) is 2.26. The Labute approximate surface area is 135 Å². The molecule has 2 rings (SSSR count). The van der Waals surface area contributed by atoms with E-state index >= 15 is 0 Å². The van der Waals surface area contributed by atoms with E-state index in [4.69, 9.17) is 9.47 Å². The number of carbonyl (C=O) groups excluding carboxylic acids is 2. The summed E-state index contributed by atoms with van der Waals surface area (Å²) in [5.74, 6) is -0.752. The minimum Gasteiger partial charge on any atom is -0.497 e. The van der Waals surface area contributed by atoms with E-state index in [2.05, 4.69) is 10.6 Å². The quantitative estimate of drug-likeness (QED) is 0.662. The molecule has 0 unspecified atom stereocenters. The molecule has 0 aromatic heterocycles. The normalized spacial score (nSPS) is 16.4. The van der Waals surface area contributed by atoms with E-state index in [0.717, 1.165) is 11.3 Å². The van der Waals surface area contributed by atoms with Gasteiger partial charge in [-0.05, 0) is 17.7 Å². The number of carbonyl (C=O) groups is 2. The second-order valence-corrected chi connectivity index (χ2v) is 5.55. The van der Waals surface area contributed by atoms with Gasteiger partial charge in [-0.25, -0.2) is 0 Å². The van der Waals surface area contributed by atoms with Crippen molar-refractivity contribution < 1.29 is 24.2 Å². The van der Waals surface area contributed by atoms with E-state index < -0.39 is 17.4 Å². The van der Waals surface area contributed by atoms with Crippen LogP contribution in [-0.2, 0) is 20.9 Å². The van der Waals surface area contributed by atoms with E-state index in [0.29, 0.717) is 26.1 Å². The number of hydrogen-bond acceptors (Lipinski definition) is 5. The molecular formula is C16H22N2O5. The van der Waals surface area contributed by atoms with Crippen LogP contribution in [0.5, 0.6) is 5.75 Å². The number of hydrogen-bond donors (Lipinski definition) is 3. The summed E-state index contributed by atoms with van der Waals surface area (Å²) in [5.41, 5.74) is -0.139. The highest BCUT2D eigenvalue weighted by atomic mass is 16.5. The van der Waals surface area contributed by atoms with Crippen molar-refractivity contribution in [2.45, 2.75) is 25.0 Å². The van der Waals surface area contributed by atoms with Crippen molar-refractivity contribution in [3.8, 4) is 5.75 Å². The Balaban J connectivity index is 1.74. The third-order valence-electron chi connectivity index (χ3n) is 3.82. The van der Waals surface area contributed by atoms with Gasteiger partial charge in [-0.2, -0.15) is 0 Å². The Morgan fingerprint density at radius 1 is 1.17 bits per heavy atom. The predicted octanol–water partition coefficient (Wildman–Crippen LogP) is -0.0309. The van der Waals surface area contributed by atoms with Crippen molar-refractivity contribution in [1.29, 1.82) is 0 Å². The maximum absolute atomic E-state index is 11.8. The Hall–Kier alpha value is -2.12. The largest absolute Gasteiger partial charge is 0.497 e. The molecule has 7 heteroatoms. The third kappa shape index (κ3) is 5.22. The summed E-state index contributed by atoms with van der Waals surface area (Å²) >= 11 is 0. The van der Waals surface area contributed by atoms with E-state index in [-0.39, 0.29) is 13.1 Å². The second kappa shape index (κ2) is 7.94. The number of methoxy groups -OCH3 is 1. The minimum atomic E-state index is -0.996. The summed E-state index contributed by atoms with van der Waals surface area (Å²) in [6.45, 7) is 1.20. The lowest BCUT2D eigenvalue weighted by atomic mass is 9.94. The molecule has 126 valence electrons. The predicted molar refractivity (Wildman–Crippen MR) is 82.9 cm³/mol. The molecule has 0 saturated carbocycles. The van der Waals surface area contributed by atoms with Crippen molar-refractivity contribution in [3.63, 3.8) is 0 Å². The van der Waals surface area contributed by atoms with Gasteiger partial charge in [-0.15, -0.1) is 0 Å². The Morgan fingerprint density at radius 3 is 2.39 bits per heavy atom. The molecule has 0 radical (unpaired) electrons. The maximum atomic E-state index is 11.8. The zero-order valence-electron chi connectivity index (χ0n) is 13.1. The first-order chi connectivity index (χ1) is 11.0. The molecule has 1 aromatic carbocycles. The molecule has 1 fully saturated rings. The van der Waals surface area contributed by atoms with Crippen LogP contribution in [0, 0.1) is 0 Å². The van der Waals surface area contributed by atoms with Crippen LogP contribution >= 0.6 is 0 Å². The van der Waals surface area contributed by atoms with Gasteiger partial charge in [0.15, 0.2) is 0 Å². The fraction of sp³-hybridized carbons (Fsp3) is 0.500. The summed E-state index contributed by atoms with van der Waals surface area (Å²) in [6, 6.07) is 7.17. The molecule has 23 heavy (non-hydrogen) atoms. The SMILES string of the molecule is COc1ccc(CNC(=O)C(=O)NCC2(O)CCOCC2)cc1. The van der Waals surface area contributed by atoms with Crippen LogP contribution in [0.25, 0.3) is 0 Å². The fourth-order valence-corrected chi connectivity index (χ4v) is 2.26. The van der Waals surface area contributed by atoms with E-state index in [1.54, 1.807) is 19.2 Å². The summed E-state index contributed by atoms with van der Waals surface area (Å²) < 4.78 is 10.2. The van der Waals surface area contributed by atoms with Gasteiger partial charge in [0.25, 0.3) is 0 Å². The molecule has 1 aliphatic heterocycles. The number of aliphatic hydroxyl groups is 1. The molecule has 3 N–H and O–H groups in total. The number of amides is 2. The first kappa shape index (κ1) is 17.2. The van der Waals surface area contributed by atoms with Crippen molar-refractivity contribution >= 4 is 11.8 Å². The maximum Gasteiger partial charge on any atom is 0.309 e. The summed E-state index contributed by atoms with van der Waals surface area (Å²) in [7, 11) is 1.58. The number of ether oxygens (including phenoxy) is 2. The lowest BCUT2D eigenvalue weighted by Crippen LogP contribution is -2.49. The number of benzene rings is 1. The Bertz CT molecular complexity index is 538. The van der Waals surface area contributed by atoms with E-state index in [1.807, 2.05) is 12.1 Å². The highest BCUT2D eigenvalue weighted by Crippen LogP contribution is 2.19. The highest BCUT2D eigenvalue weighted by molar-refractivity contribution is 6.35. The van der Waals surface area contributed by atoms with Gasteiger partial charge < -0.3 is 25.2 Å². The first-order valence-corrected chi connectivity index (χ1v) is 7.51. The average molecular weight is 322 g/mol. The Kier molecular flexibility index (Phi) is 5.95. The molecule has 0 atom stereocenters.